The molecule has 1 aliphatic carbocycles. The zero-order valence-corrected chi connectivity index (χ0v) is 11.6. The van der Waals surface area contributed by atoms with E-state index in [1.54, 1.807) is 0 Å². The van der Waals surface area contributed by atoms with Crippen LogP contribution in [0.1, 0.15) is 49.7 Å². The molecular formula is C17H23NO. The maximum Gasteiger partial charge on any atom is 0.122 e. The second-order valence-electron chi connectivity index (χ2n) is 6.40. The van der Waals surface area contributed by atoms with E-state index in [1.807, 2.05) is 0 Å². The lowest BCUT2D eigenvalue weighted by molar-refractivity contribution is 0.279. The van der Waals surface area contributed by atoms with Crippen LogP contribution in [0.2, 0.25) is 0 Å². The van der Waals surface area contributed by atoms with Gasteiger partial charge in [-0.05, 0) is 55.3 Å². The van der Waals surface area contributed by atoms with Crippen molar-refractivity contribution in [3.8, 4) is 5.75 Å². The molecule has 1 saturated heterocycles. The SMILES string of the molecule is c1cc2c(cc1C1(C3CC3)CCCCCN1)CCO2. The topological polar surface area (TPSA) is 21.3 Å². The summed E-state index contributed by atoms with van der Waals surface area (Å²) in [6.07, 6.45) is 9.30. The van der Waals surface area contributed by atoms with Gasteiger partial charge >= 0.3 is 0 Å². The summed E-state index contributed by atoms with van der Waals surface area (Å²) in [6.45, 7) is 2.05. The quantitative estimate of drug-likeness (QED) is 0.877. The van der Waals surface area contributed by atoms with Crippen molar-refractivity contribution in [2.75, 3.05) is 13.2 Å². The highest BCUT2D eigenvalue weighted by molar-refractivity contribution is 5.43. The van der Waals surface area contributed by atoms with E-state index >= 15 is 0 Å². The van der Waals surface area contributed by atoms with Gasteiger partial charge in [-0.1, -0.05) is 25.0 Å². The molecule has 2 fully saturated rings. The van der Waals surface area contributed by atoms with Crippen molar-refractivity contribution < 1.29 is 4.74 Å². The number of benzene rings is 1. The third-order valence-corrected chi connectivity index (χ3v) is 5.17. The maximum absolute atomic E-state index is 5.65. The highest BCUT2D eigenvalue weighted by atomic mass is 16.5. The van der Waals surface area contributed by atoms with Crippen LogP contribution >= 0.6 is 0 Å². The average molecular weight is 257 g/mol. The van der Waals surface area contributed by atoms with Crippen molar-refractivity contribution in [3.63, 3.8) is 0 Å². The van der Waals surface area contributed by atoms with Crippen molar-refractivity contribution in [2.24, 2.45) is 5.92 Å². The Morgan fingerprint density at radius 1 is 1.16 bits per heavy atom. The standard InChI is InChI=1S/C17H23NO/c1-2-9-17(14-4-5-14,18-10-3-1)15-6-7-16-13(12-15)8-11-19-16/h6-7,12,14,18H,1-5,8-11H2. The Kier molecular flexibility index (Phi) is 2.80. The minimum atomic E-state index is 0.272. The van der Waals surface area contributed by atoms with Crippen molar-refractivity contribution in [2.45, 2.75) is 50.5 Å². The Hall–Kier alpha value is -1.02. The van der Waals surface area contributed by atoms with Gasteiger partial charge in [0.25, 0.3) is 0 Å². The van der Waals surface area contributed by atoms with Gasteiger partial charge in [-0.2, -0.15) is 0 Å². The number of hydrogen-bond donors (Lipinski definition) is 1. The third-order valence-electron chi connectivity index (χ3n) is 5.17. The number of ether oxygens (including phenoxy) is 1. The Labute approximate surface area is 115 Å². The fourth-order valence-corrected chi connectivity index (χ4v) is 3.98. The highest BCUT2D eigenvalue weighted by Crippen LogP contribution is 2.50. The first-order valence-corrected chi connectivity index (χ1v) is 7.90. The predicted molar refractivity (Wildman–Crippen MR) is 76.5 cm³/mol. The molecule has 0 radical (unpaired) electrons. The second kappa shape index (κ2) is 4.52. The lowest BCUT2D eigenvalue weighted by Crippen LogP contribution is -2.43. The van der Waals surface area contributed by atoms with Crippen LogP contribution in [0, 0.1) is 5.92 Å². The molecule has 1 aromatic carbocycles. The number of nitrogens with one attached hydrogen (secondary N) is 1. The molecule has 3 aliphatic rings. The van der Waals surface area contributed by atoms with E-state index in [4.69, 9.17) is 4.74 Å². The van der Waals surface area contributed by atoms with Crippen LogP contribution < -0.4 is 10.1 Å². The fraction of sp³-hybridized carbons (Fsp3) is 0.647. The molecular weight excluding hydrogens is 234 g/mol. The molecule has 1 N–H and O–H groups in total. The molecule has 2 heterocycles. The Bertz CT molecular complexity index is 470. The zero-order chi connectivity index (χ0) is 12.7. The van der Waals surface area contributed by atoms with Crippen molar-refractivity contribution >= 4 is 0 Å². The van der Waals surface area contributed by atoms with Crippen molar-refractivity contribution in [1.82, 2.24) is 5.32 Å². The van der Waals surface area contributed by atoms with Crippen LogP contribution in [0.25, 0.3) is 0 Å². The summed E-state index contributed by atoms with van der Waals surface area (Å²) in [5.41, 5.74) is 3.22. The predicted octanol–water partition coefficient (Wildman–Crippen LogP) is 3.39. The maximum atomic E-state index is 5.65. The summed E-state index contributed by atoms with van der Waals surface area (Å²) in [6, 6.07) is 6.95. The molecule has 0 spiro atoms. The van der Waals surface area contributed by atoms with Gasteiger partial charge in [0.1, 0.15) is 5.75 Å². The van der Waals surface area contributed by atoms with Gasteiger partial charge in [-0.15, -0.1) is 0 Å². The van der Waals surface area contributed by atoms with Crippen molar-refractivity contribution in [1.29, 1.82) is 0 Å². The van der Waals surface area contributed by atoms with Gasteiger partial charge in [0, 0.05) is 12.0 Å². The molecule has 2 nitrogen and oxygen atoms in total. The van der Waals surface area contributed by atoms with Crippen LogP contribution in [0.5, 0.6) is 5.75 Å². The first-order chi connectivity index (χ1) is 9.38. The average Bonchev–Trinajstić information content (AvgIpc) is 3.21. The molecule has 4 rings (SSSR count). The second-order valence-corrected chi connectivity index (χ2v) is 6.40. The summed E-state index contributed by atoms with van der Waals surface area (Å²) in [7, 11) is 0. The van der Waals surface area contributed by atoms with Crippen LogP contribution in [-0.2, 0) is 12.0 Å². The minimum Gasteiger partial charge on any atom is -0.493 e. The Morgan fingerprint density at radius 2 is 2.11 bits per heavy atom. The van der Waals surface area contributed by atoms with Crippen molar-refractivity contribution in [3.05, 3.63) is 29.3 Å². The van der Waals surface area contributed by atoms with Crippen LogP contribution in [-0.4, -0.2) is 13.2 Å². The largest absolute Gasteiger partial charge is 0.493 e. The molecule has 102 valence electrons. The van der Waals surface area contributed by atoms with E-state index in [-0.39, 0.29) is 5.54 Å². The van der Waals surface area contributed by atoms with Crippen LogP contribution in [0.3, 0.4) is 0 Å². The van der Waals surface area contributed by atoms with E-state index in [2.05, 4.69) is 23.5 Å². The molecule has 19 heavy (non-hydrogen) atoms. The van der Waals surface area contributed by atoms with Crippen LogP contribution in [0.4, 0.5) is 0 Å². The summed E-state index contributed by atoms with van der Waals surface area (Å²) in [5.74, 6) is 1.98. The summed E-state index contributed by atoms with van der Waals surface area (Å²) in [5, 5.41) is 3.92. The molecule has 0 amide bonds. The first-order valence-electron chi connectivity index (χ1n) is 7.90. The summed E-state index contributed by atoms with van der Waals surface area (Å²) < 4.78 is 5.65. The fourth-order valence-electron chi connectivity index (χ4n) is 3.98. The molecule has 2 aliphatic heterocycles. The van der Waals surface area contributed by atoms with Gasteiger partial charge in [-0.25, -0.2) is 0 Å². The van der Waals surface area contributed by atoms with Gasteiger partial charge in [0.15, 0.2) is 0 Å². The molecule has 0 aromatic heterocycles. The molecule has 2 heteroatoms. The van der Waals surface area contributed by atoms with Gasteiger partial charge in [0.05, 0.1) is 6.61 Å². The lowest BCUT2D eigenvalue weighted by Gasteiger charge is -2.35. The summed E-state index contributed by atoms with van der Waals surface area (Å²) in [4.78, 5) is 0. The van der Waals surface area contributed by atoms with E-state index < -0.39 is 0 Å². The van der Waals surface area contributed by atoms with Gasteiger partial charge in [0.2, 0.25) is 0 Å². The molecule has 1 unspecified atom stereocenters. The number of rotatable bonds is 2. The number of hydrogen-bond acceptors (Lipinski definition) is 2. The molecule has 0 bridgehead atoms. The summed E-state index contributed by atoms with van der Waals surface area (Å²) >= 11 is 0. The Morgan fingerprint density at radius 3 is 3.00 bits per heavy atom. The normalized spacial score (nSPS) is 30.5. The third kappa shape index (κ3) is 1.97. The van der Waals surface area contributed by atoms with Gasteiger partial charge < -0.3 is 10.1 Å². The van der Waals surface area contributed by atoms with Crippen LogP contribution in [0.15, 0.2) is 18.2 Å². The smallest absolute Gasteiger partial charge is 0.122 e. The molecule has 1 saturated carbocycles. The van der Waals surface area contributed by atoms with Gasteiger partial charge in [-0.3, -0.25) is 0 Å². The monoisotopic (exact) mass is 257 g/mol. The zero-order valence-electron chi connectivity index (χ0n) is 11.6. The van der Waals surface area contributed by atoms with E-state index in [0.29, 0.717) is 0 Å². The first kappa shape index (κ1) is 11.8. The lowest BCUT2D eigenvalue weighted by atomic mass is 9.80. The van der Waals surface area contributed by atoms with E-state index in [9.17, 15) is 0 Å². The molecule has 1 aromatic rings. The highest BCUT2D eigenvalue weighted by Gasteiger charge is 2.46. The van der Waals surface area contributed by atoms with E-state index in [0.717, 1.165) is 24.7 Å². The molecule has 1 atom stereocenters. The van der Waals surface area contributed by atoms with E-state index in [1.165, 1.54) is 56.2 Å². The Balaban J connectivity index is 1.73. The minimum absolute atomic E-state index is 0.272. The number of fused-ring (bicyclic) bond motifs is 1.